The lowest BCUT2D eigenvalue weighted by Gasteiger charge is -2.08. The van der Waals surface area contributed by atoms with E-state index < -0.39 is 0 Å². The molecule has 0 unspecified atom stereocenters. The molecule has 0 radical (unpaired) electrons. The third kappa shape index (κ3) is 2.73. The molecule has 0 spiro atoms. The van der Waals surface area contributed by atoms with E-state index in [1.807, 2.05) is 11.6 Å². The first-order valence-electron chi connectivity index (χ1n) is 6.49. The van der Waals surface area contributed by atoms with E-state index in [1.54, 1.807) is 6.07 Å². The van der Waals surface area contributed by atoms with E-state index in [0.717, 1.165) is 24.2 Å². The fourth-order valence-corrected chi connectivity index (χ4v) is 2.20. The number of hydrogen-bond acceptors (Lipinski definition) is 1. The van der Waals surface area contributed by atoms with Gasteiger partial charge in [0.05, 0.1) is 5.69 Å². The van der Waals surface area contributed by atoms with Gasteiger partial charge in [-0.3, -0.25) is 14.6 Å². The molecule has 0 atom stereocenters. The summed E-state index contributed by atoms with van der Waals surface area (Å²) in [6.45, 7) is 7.22. The van der Waals surface area contributed by atoms with Crippen LogP contribution in [0.5, 0.6) is 0 Å². The molecule has 0 aliphatic heterocycles. The summed E-state index contributed by atoms with van der Waals surface area (Å²) in [4.78, 5) is 11.4. The van der Waals surface area contributed by atoms with Crippen molar-refractivity contribution in [1.82, 2.24) is 9.78 Å². The molecule has 0 amide bonds. The van der Waals surface area contributed by atoms with Crippen LogP contribution in [0.2, 0.25) is 0 Å². The molecule has 1 N–H and O–H groups in total. The predicted molar refractivity (Wildman–Crippen MR) is 74.7 cm³/mol. The number of aromatic nitrogens is 2. The Morgan fingerprint density at radius 2 is 1.89 bits per heavy atom. The second kappa shape index (κ2) is 5.25. The maximum atomic E-state index is 11.4. The van der Waals surface area contributed by atoms with Crippen molar-refractivity contribution in [3.63, 3.8) is 0 Å². The van der Waals surface area contributed by atoms with E-state index in [0.29, 0.717) is 5.92 Å². The molecule has 96 valence electrons. The van der Waals surface area contributed by atoms with Crippen LogP contribution in [0, 0.1) is 5.92 Å². The Labute approximate surface area is 107 Å². The summed E-state index contributed by atoms with van der Waals surface area (Å²) in [6, 6.07) is 10.1. The molecule has 0 saturated carbocycles. The molecule has 0 fully saturated rings. The van der Waals surface area contributed by atoms with Crippen LogP contribution in [-0.2, 0) is 13.0 Å². The zero-order valence-electron chi connectivity index (χ0n) is 11.2. The Morgan fingerprint density at radius 3 is 2.44 bits per heavy atom. The van der Waals surface area contributed by atoms with Crippen LogP contribution in [0.3, 0.4) is 0 Å². The molecule has 3 heteroatoms. The van der Waals surface area contributed by atoms with Crippen LogP contribution in [0.15, 0.2) is 35.1 Å². The first-order valence-corrected chi connectivity index (χ1v) is 6.49. The third-order valence-corrected chi connectivity index (χ3v) is 3.01. The minimum atomic E-state index is -0.0434. The molecule has 0 bridgehead atoms. The normalized spacial score (nSPS) is 11.1. The van der Waals surface area contributed by atoms with Gasteiger partial charge in [0.1, 0.15) is 0 Å². The van der Waals surface area contributed by atoms with Gasteiger partial charge in [-0.1, -0.05) is 38.1 Å². The van der Waals surface area contributed by atoms with E-state index in [-0.39, 0.29) is 5.56 Å². The second-order valence-electron chi connectivity index (χ2n) is 5.04. The zero-order chi connectivity index (χ0) is 13.1. The third-order valence-electron chi connectivity index (χ3n) is 3.01. The first kappa shape index (κ1) is 12.7. The zero-order valence-corrected chi connectivity index (χ0v) is 11.2. The highest BCUT2D eigenvalue weighted by Gasteiger charge is 2.06. The molecular weight excluding hydrogens is 224 g/mol. The van der Waals surface area contributed by atoms with E-state index in [1.165, 1.54) is 5.56 Å². The van der Waals surface area contributed by atoms with Gasteiger partial charge in [-0.05, 0) is 30.4 Å². The van der Waals surface area contributed by atoms with Crippen LogP contribution in [0.4, 0.5) is 0 Å². The van der Waals surface area contributed by atoms with Crippen LogP contribution >= 0.6 is 0 Å². The van der Waals surface area contributed by atoms with Crippen LogP contribution in [0.25, 0.3) is 11.3 Å². The highest BCUT2D eigenvalue weighted by molar-refractivity contribution is 5.59. The molecule has 3 nitrogen and oxygen atoms in total. The molecule has 1 heterocycles. The Hall–Kier alpha value is -1.77. The number of nitrogens with zero attached hydrogens (tertiary/aromatic N) is 1. The standard InChI is InChI=1S/C15H20N2O/c1-4-17-14(10-15(18)16-17)13-7-5-12(6-8-13)9-11(2)3/h5-8,10-11H,4,9H2,1-3H3,(H,16,18). The van der Waals surface area contributed by atoms with Gasteiger partial charge in [-0.2, -0.15) is 0 Å². The second-order valence-corrected chi connectivity index (χ2v) is 5.04. The van der Waals surface area contributed by atoms with Crippen molar-refractivity contribution >= 4 is 0 Å². The van der Waals surface area contributed by atoms with Crippen LogP contribution < -0.4 is 5.56 Å². The Balaban J connectivity index is 2.31. The minimum Gasteiger partial charge on any atom is -0.285 e. The van der Waals surface area contributed by atoms with Crippen molar-refractivity contribution in [2.75, 3.05) is 0 Å². The van der Waals surface area contributed by atoms with Gasteiger partial charge in [0, 0.05) is 12.6 Å². The Kier molecular flexibility index (Phi) is 3.70. The van der Waals surface area contributed by atoms with E-state index in [4.69, 9.17) is 0 Å². The number of aromatic amines is 1. The molecule has 18 heavy (non-hydrogen) atoms. The molecule has 2 aromatic rings. The molecule has 0 aliphatic carbocycles. The maximum absolute atomic E-state index is 11.4. The molecular formula is C15H20N2O. The number of hydrogen-bond donors (Lipinski definition) is 1. The van der Waals surface area contributed by atoms with E-state index in [2.05, 4.69) is 43.2 Å². The average molecular weight is 244 g/mol. The number of rotatable bonds is 4. The lowest BCUT2D eigenvalue weighted by atomic mass is 10.0. The quantitative estimate of drug-likeness (QED) is 0.882. The molecule has 2 rings (SSSR count). The van der Waals surface area contributed by atoms with Gasteiger partial charge in [0.15, 0.2) is 0 Å². The van der Waals surface area contributed by atoms with Gasteiger partial charge in [-0.25, -0.2) is 0 Å². The minimum absolute atomic E-state index is 0.0434. The summed E-state index contributed by atoms with van der Waals surface area (Å²) in [7, 11) is 0. The van der Waals surface area contributed by atoms with Crippen LogP contribution in [0.1, 0.15) is 26.3 Å². The SMILES string of the molecule is CCn1[nH]c(=O)cc1-c1ccc(CC(C)C)cc1. The number of nitrogens with one attached hydrogen (secondary N) is 1. The lowest BCUT2D eigenvalue weighted by Crippen LogP contribution is -2.04. The van der Waals surface area contributed by atoms with Gasteiger partial charge < -0.3 is 0 Å². The monoisotopic (exact) mass is 244 g/mol. The van der Waals surface area contributed by atoms with E-state index >= 15 is 0 Å². The van der Waals surface area contributed by atoms with Crippen molar-refractivity contribution in [3.05, 3.63) is 46.2 Å². The van der Waals surface area contributed by atoms with Crippen molar-refractivity contribution in [3.8, 4) is 11.3 Å². The predicted octanol–water partition coefficient (Wildman–Crippen LogP) is 3.06. The van der Waals surface area contributed by atoms with Crippen LogP contribution in [-0.4, -0.2) is 9.78 Å². The highest BCUT2D eigenvalue weighted by Crippen LogP contribution is 2.19. The summed E-state index contributed by atoms with van der Waals surface area (Å²) in [5.74, 6) is 0.664. The summed E-state index contributed by atoms with van der Waals surface area (Å²) in [5, 5.41) is 2.80. The fraction of sp³-hybridized carbons (Fsp3) is 0.400. The maximum Gasteiger partial charge on any atom is 0.264 e. The largest absolute Gasteiger partial charge is 0.285 e. The van der Waals surface area contributed by atoms with Gasteiger partial charge in [0.2, 0.25) is 0 Å². The van der Waals surface area contributed by atoms with Gasteiger partial charge in [0.25, 0.3) is 5.56 Å². The first-order chi connectivity index (χ1) is 8.60. The van der Waals surface area contributed by atoms with E-state index in [9.17, 15) is 4.79 Å². The summed E-state index contributed by atoms with van der Waals surface area (Å²) in [6.07, 6.45) is 1.09. The Morgan fingerprint density at radius 1 is 1.22 bits per heavy atom. The highest BCUT2D eigenvalue weighted by atomic mass is 16.1. The molecule has 1 aromatic carbocycles. The summed E-state index contributed by atoms with van der Waals surface area (Å²) < 4.78 is 1.87. The van der Waals surface area contributed by atoms with Crippen molar-refractivity contribution < 1.29 is 0 Å². The summed E-state index contributed by atoms with van der Waals surface area (Å²) in [5.41, 5.74) is 3.34. The fourth-order valence-electron chi connectivity index (χ4n) is 2.20. The van der Waals surface area contributed by atoms with Crippen molar-refractivity contribution in [1.29, 1.82) is 0 Å². The van der Waals surface area contributed by atoms with Gasteiger partial charge >= 0.3 is 0 Å². The summed E-state index contributed by atoms with van der Waals surface area (Å²) >= 11 is 0. The molecule has 0 aliphatic rings. The van der Waals surface area contributed by atoms with Crippen molar-refractivity contribution in [2.45, 2.75) is 33.7 Å². The Bertz CT molecular complexity index is 561. The topological polar surface area (TPSA) is 37.8 Å². The number of H-pyrrole nitrogens is 1. The average Bonchev–Trinajstić information content (AvgIpc) is 2.71. The smallest absolute Gasteiger partial charge is 0.264 e. The number of aryl methyl sites for hydroxylation is 1. The molecule has 1 aromatic heterocycles. The number of benzene rings is 1. The van der Waals surface area contributed by atoms with Gasteiger partial charge in [-0.15, -0.1) is 0 Å². The lowest BCUT2D eigenvalue weighted by molar-refractivity contribution is 0.647. The molecule has 0 saturated heterocycles. The van der Waals surface area contributed by atoms with Crippen molar-refractivity contribution in [2.24, 2.45) is 5.92 Å².